The van der Waals surface area contributed by atoms with Crippen molar-refractivity contribution >= 4 is 0 Å². The molecule has 0 amide bonds. The van der Waals surface area contributed by atoms with Gasteiger partial charge in [-0.3, -0.25) is 0 Å². The van der Waals surface area contributed by atoms with Gasteiger partial charge in [0.1, 0.15) is 11.9 Å². The molecule has 0 radical (unpaired) electrons. The van der Waals surface area contributed by atoms with E-state index < -0.39 is 0 Å². The second kappa shape index (κ2) is 4.69. The second-order valence-corrected chi connectivity index (χ2v) is 2.24. The van der Waals surface area contributed by atoms with Crippen molar-refractivity contribution in [2.75, 3.05) is 0 Å². The van der Waals surface area contributed by atoms with Crippen LogP contribution in [0.5, 0.6) is 0 Å². The monoisotopic (exact) mass is 136 g/mol. The van der Waals surface area contributed by atoms with E-state index in [0.29, 0.717) is 0 Å². The van der Waals surface area contributed by atoms with Crippen molar-refractivity contribution in [2.24, 2.45) is 0 Å². The molecule has 0 saturated carbocycles. The van der Waals surface area contributed by atoms with Gasteiger partial charge in [0.25, 0.3) is 0 Å². The first kappa shape index (κ1) is 8.84. The van der Waals surface area contributed by atoms with Crippen LogP contribution in [0.15, 0.2) is 23.5 Å². The molecule has 0 aliphatic heterocycles. The number of rotatable bonds is 2. The fourth-order valence-electron chi connectivity index (χ4n) is 0.411. The summed E-state index contributed by atoms with van der Waals surface area (Å²) in [6, 6.07) is 0. The van der Waals surface area contributed by atoms with Crippen molar-refractivity contribution in [1.29, 1.82) is 0 Å². The quantitative estimate of drug-likeness (QED) is 0.322. The lowest BCUT2D eigenvalue weighted by molar-refractivity contribution is 0.388. The van der Waals surface area contributed by atoms with Crippen molar-refractivity contribution in [3.63, 3.8) is 0 Å². The molecular formula is C9H12O. The Bertz CT molecular complexity index is 187. The van der Waals surface area contributed by atoms with Crippen LogP contribution < -0.4 is 0 Å². The highest BCUT2D eigenvalue weighted by Gasteiger charge is 1.81. The fraction of sp³-hybridized carbons (Fsp3) is 0.333. The molecular weight excluding hydrogens is 124 g/mol. The molecule has 0 aliphatic rings. The summed E-state index contributed by atoms with van der Waals surface area (Å²) in [5.74, 6) is 0.740. The Balaban J connectivity index is 3.95. The zero-order chi connectivity index (χ0) is 7.98. The lowest BCUT2D eigenvalue weighted by atomic mass is 10.3. The molecule has 0 spiro atoms. The lowest BCUT2D eigenvalue weighted by Gasteiger charge is -1.92. The summed E-state index contributed by atoms with van der Waals surface area (Å²) in [6.45, 7) is 5.85. The third-order valence-electron chi connectivity index (χ3n) is 0.871. The second-order valence-electron chi connectivity index (χ2n) is 2.24. The predicted molar refractivity (Wildman–Crippen MR) is 43.1 cm³/mol. The number of hydrogen-bond donors (Lipinski definition) is 0. The summed E-state index contributed by atoms with van der Waals surface area (Å²) < 4.78 is 4.74. The van der Waals surface area contributed by atoms with Crippen LogP contribution in [-0.2, 0) is 4.74 Å². The Morgan fingerprint density at radius 1 is 1.30 bits per heavy atom. The highest BCUT2D eigenvalue weighted by molar-refractivity contribution is 5.11. The Kier molecular flexibility index (Phi) is 4.15. The van der Waals surface area contributed by atoms with Gasteiger partial charge in [-0.25, -0.2) is 0 Å². The topological polar surface area (TPSA) is 9.23 Å². The van der Waals surface area contributed by atoms with Crippen LogP contribution in [0, 0.1) is 12.5 Å². The van der Waals surface area contributed by atoms with E-state index in [2.05, 4.69) is 6.11 Å². The van der Waals surface area contributed by atoms with E-state index in [0.717, 1.165) is 5.76 Å². The normalized spacial score (nSPS) is 10.0. The highest BCUT2D eigenvalue weighted by Crippen LogP contribution is 1.96. The molecule has 0 bridgehead atoms. The Morgan fingerprint density at radius 3 is 2.30 bits per heavy atom. The molecule has 0 N–H and O–H groups in total. The van der Waals surface area contributed by atoms with E-state index in [-0.39, 0.29) is 0 Å². The van der Waals surface area contributed by atoms with Crippen molar-refractivity contribution in [2.45, 2.75) is 20.8 Å². The standard InChI is InChI=1S/C9H12O/c1-5-10-9(4)7-6-8(2)3/h1,6-7H,2-4H3. The molecule has 0 aromatic carbocycles. The molecule has 1 heteroatoms. The minimum atomic E-state index is 0.740. The van der Waals surface area contributed by atoms with Crippen LogP contribution in [0.2, 0.25) is 0 Å². The first-order valence-electron chi connectivity index (χ1n) is 3.11. The SMILES string of the molecule is C#COC(C)=CC=C(C)C. The molecule has 0 rings (SSSR count). The van der Waals surface area contributed by atoms with Gasteiger partial charge in [0.2, 0.25) is 0 Å². The van der Waals surface area contributed by atoms with Gasteiger partial charge < -0.3 is 4.74 Å². The van der Waals surface area contributed by atoms with Gasteiger partial charge >= 0.3 is 0 Å². The van der Waals surface area contributed by atoms with E-state index in [1.54, 1.807) is 0 Å². The van der Waals surface area contributed by atoms with E-state index in [4.69, 9.17) is 11.2 Å². The van der Waals surface area contributed by atoms with Crippen molar-refractivity contribution in [3.8, 4) is 12.5 Å². The molecule has 0 saturated heterocycles. The maximum Gasteiger partial charge on any atom is 0.114 e. The largest absolute Gasteiger partial charge is 0.413 e. The summed E-state index contributed by atoms with van der Waals surface area (Å²) in [4.78, 5) is 0. The summed E-state index contributed by atoms with van der Waals surface area (Å²) in [6.07, 6.45) is 10.8. The van der Waals surface area contributed by atoms with Crippen LogP contribution in [-0.4, -0.2) is 0 Å². The highest BCUT2D eigenvalue weighted by atomic mass is 16.5. The number of hydrogen-bond acceptors (Lipinski definition) is 1. The molecule has 0 heterocycles. The number of ether oxygens (including phenoxy) is 1. The fourth-order valence-corrected chi connectivity index (χ4v) is 0.411. The van der Waals surface area contributed by atoms with Gasteiger partial charge in [0.15, 0.2) is 0 Å². The molecule has 0 aromatic heterocycles. The van der Waals surface area contributed by atoms with Crippen LogP contribution in [0.4, 0.5) is 0 Å². The number of terminal acetylenes is 1. The molecule has 0 aromatic rings. The molecule has 0 atom stereocenters. The van der Waals surface area contributed by atoms with Crippen LogP contribution in [0.3, 0.4) is 0 Å². The maximum absolute atomic E-state index is 4.90. The Morgan fingerprint density at radius 2 is 1.90 bits per heavy atom. The van der Waals surface area contributed by atoms with Crippen LogP contribution >= 0.6 is 0 Å². The molecule has 10 heavy (non-hydrogen) atoms. The molecule has 0 aliphatic carbocycles. The average molecular weight is 136 g/mol. The van der Waals surface area contributed by atoms with Gasteiger partial charge in [-0.2, -0.15) is 0 Å². The molecule has 1 nitrogen and oxygen atoms in total. The van der Waals surface area contributed by atoms with Gasteiger partial charge in [0, 0.05) is 0 Å². The van der Waals surface area contributed by atoms with Gasteiger partial charge in [-0.1, -0.05) is 18.1 Å². The van der Waals surface area contributed by atoms with E-state index in [1.165, 1.54) is 5.57 Å². The number of allylic oxidation sites excluding steroid dienone is 4. The van der Waals surface area contributed by atoms with Crippen molar-refractivity contribution in [1.82, 2.24) is 0 Å². The summed E-state index contributed by atoms with van der Waals surface area (Å²) in [5.41, 5.74) is 1.22. The Hall–Kier alpha value is -1.16. The Labute approximate surface area is 62.4 Å². The lowest BCUT2D eigenvalue weighted by Crippen LogP contribution is -1.75. The summed E-state index contributed by atoms with van der Waals surface area (Å²) in [5, 5.41) is 0. The van der Waals surface area contributed by atoms with Gasteiger partial charge in [-0.15, -0.1) is 0 Å². The first-order chi connectivity index (χ1) is 4.66. The van der Waals surface area contributed by atoms with Crippen LogP contribution in [0.25, 0.3) is 0 Å². The van der Waals surface area contributed by atoms with Gasteiger partial charge in [-0.05, 0) is 26.8 Å². The van der Waals surface area contributed by atoms with E-state index >= 15 is 0 Å². The third-order valence-corrected chi connectivity index (χ3v) is 0.871. The third kappa shape index (κ3) is 4.99. The minimum absolute atomic E-state index is 0.740. The smallest absolute Gasteiger partial charge is 0.114 e. The average Bonchev–Trinajstić information content (AvgIpc) is 1.85. The van der Waals surface area contributed by atoms with Gasteiger partial charge in [0.05, 0.1) is 0 Å². The van der Waals surface area contributed by atoms with Crippen LogP contribution in [0.1, 0.15) is 20.8 Å². The van der Waals surface area contributed by atoms with E-state index in [9.17, 15) is 0 Å². The summed E-state index contributed by atoms with van der Waals surface area (Å²) >= 11 is 0. The zero-order valence-corrected chi connectivity index (χ0v) is 6.64. The van der Waals surface area contributed by atoms with E-state index in [1.807, 2.05) is 32.9 Å². The first-order valence-corrected chi connectivity index (χ1v) is 3.11. The van der Waals surface area contributed by atoms with Crippen molar-refractivity contribution < 1.29 is 4.74 Å². The molecule has 0 fully saturated rings. The summed E-state index contributed by atoms with van der Waals surface area (Å²) in [7, 11) is 0. The minimum Gasteiger partial charge on any atom is -0.413 e. The maximum atomic E-state index is 4.90. The zero-order valence-electron chi connectivity index (χ0n) is 6.64. The predicted octanol–water partition coefficient (Wildman–Crippen LogP) is 2.46. The molecule has 0 unspecified atom stereocenters. The molecule has 54 valence electrons. The van der Waals surface area contributed by atoms with Crippen molar-refractivity contribution in [3.05, 3.63) is 23.5 Å².